The van der Waals surface area contributed by atoms with Crippen molar-refractivity contribution in [2.75, 3.05) is 0 Å². The molecule has 1 aromatic carbocycles. The molecular formula is C8H11N3O3S. The zero-order chi connectivity index (χ0) is 11.7. The van der Waals surface area contributed by atoms with Crippen LogP contribution in [0.15, 0.2) is 30.3 Å². The van der Waals surface area contributed by atoms with Gasteiger partial charge in [0.25, 0.3) is 0 Å². The molecule has 6 nitrogen and oxygen atoms in total. The van der Waals surface area contributed by atoms with Gasteiger partial charge in [-0.15, -0.1) is 0 Å². The van der Waals surface area contributed by atoms with Gasteiger partial charge >= 0.3 is 6.03 Å². The van der Waals surface area contributed by atoms with Crippen molar-refractivity contribution in [1.29, 1.82) is 0 Å². The number of hydrazine groups is 1. The SMILES string of the molecule is NNC(N)=O.O=S(=O)=Cc1ccccc1. The maximum atomic E-state index is 10.1. The van der Waals surface area contributed by atoms with Crippen molar-refractivity contribution < 1.29 is 13.2 Å². The number of rotatable bonds is 1. The highest BCUT2D eigenvalue weighted by Gasteiger charge is 1.81. The van der Waals surface area contributed by atoms with E-state index < -0.39 is 16.3 Å². The summed E-state index contributed by atoms with van der Waals surface area (Å²) in [6.07, 6.45) is 0. The van der Waals surface area contributed by atoms with Gasteiger partial charge in [0, 0.05) is 0 Å². The molecule has 82 valence electrons. The van der Waals surface area contributed by atoms with Gasteiger partial charge < -0.3 is 5.73 Å². The first kappa shape index (κ1) is 13.1. The van der Waals surface area contributed by atoms with Crippen LogP contribution in [0.5, 0.6) is 0 Å². The first-order chi connectivity index (χ1) is 7.06. The Morgan fingerprint density at radius 1 is 1.27 bits per heavy atom. The fourth-order valence-electron chi connectivity index (χ4n) is 0.643. The standard InChI is InChI=1S/C7H6O2S.CH5N3O/c8-10(9)6-7-4-2-1-3-5-7;2-1(5)4-3/h1-6H;3H2,(H3,2,4,5). The number of amides is 2. The normalized spacial score (nSPS) is 8.07. The van der Waals surface area contributed by atoms with E-state index in [1.807, 2.05) is 6.07 Å². The van der Waals surface area contributed by atoms with Crippen molar-refractivity contribution in [3.05, 3.63) is 35.9 Å². The summed E-state index contributed by atoms with van der Waals surface area (Å²) in [7, 11) is -2.09. The molecule has 0 spiro atoms. The molecular weight excluding hydrogens is 218 g/mol. The van der Waals surface area contributed by atoms with Crippen LogP contribution in [0.1, 0.15) is 5.56 Å². The van der Waals surface area contributed by atoms with E-state index in [0.717, 1.165) is 0 Å². The van der Waals surface area contributed by atoms with Crippen LogP contribution >= 0.6 is 0 Å². The quantitative estimate of drug-likeness (QED) is 0.254. The van der Waals surface area contributed by atoms with Gasteiger partial charge in [0.05, 0.1) is 5.37 Å². The average Bonchev–Trinajstić information content (AvgIpc) is 2.19. The predicted octanol–water partition coefficient (Wildman–Crippen LogP) is -0.756. The first-order valence-corrected chi connectivity index (χ1v) is 4.94. The molecule has 15 heavy (non-hydrogen) atoms. The summed E-state index contributed by atoms with van der Waals surface area (Å²) in [5.41, 5.74) is 6.79. The molecule has 0 fully saturated rings. The van der Waals surface area contributed by atoms with Crippen LogP contribution < -0.4 is 17.0 Å². The number of carbonyl (C=O) groups excluding carboxylic acids is 1. The Balaban J connectivity index is 0.000000336. The molecule has 0 saturated heterocycles. The summed E-state index contributed by atoms with van der Waals surface area (Å²) in [4.78, 5) is 9.35. The molecule has 1 aromatic rings. The Labute approximate surface area is 88.4 Å². The third-order valence-electron chi connectivity index (χ3n) is 1.17. The molecule has 0 aliphatic rings. The molecule has 0 saturated carbocycles. The first-order valence-electron chi connectivity index (χ1n) is 3.80. The minimum atomic E-state index is -2.09. The van der Waals surface area contributed by atoms with Crippen LogP contribution in [-0.4, -0.2) is 19.8 Å². The molecule has 7 heteroatoms. The molecule has 0 bridgehead atoms. The van der Waals surface area contributed by atoms with E-state index in [9.17, 15) is 13.2 Å². The number of nitrogens with one attached hydrogen (secondary N) is 1. The van der Waals surface area contributed by atoms with E-state index in [1.165, 1.54) is 5.37 Å². The molecule has 0 atom stereocenters. The van der Waals surface area contributed by atoms with Gasteiger partial charge in [-0.1, -0.05) is 30.3 Å². The maximum Gasteiger partial charge on any atom is 0.326 e. The van der Waals surface area contributed by atoms with Gasteiger partial charge in [0.15, 0.2) is 0 Å². The van der Waals surface area contributed by atoms with Gasteiger partial charge in [-0.25, -0.2) is 10.6 Å². The van der Waals surface area contributed by atoms with Crippen molar-refractivity contribution in [2.45, 2.75) is 0 Å². The second kappa shape index (κ2) is 7.54. The third kappa shape index (κ3) is 8.47. The van der Waals surface area contributed by atoms with Crippen LogP contribution in [-0.2, 0) is 10.3 Å². The van der Waals surface area contributed by atoms with Gasteiger partial charge in [0.1, 0.15) is 0 Å². The Bertz CT molecular complexity index is 420. The molecule has 1 rings (SSSR count). The molecule has 0 aromatic heterocycles. The van der Waals surface area contributed by atoms with Crippen molar-refractivity contribution >= 4 is 21.7 Å². The Hall–Kier alpha value is -1.86. The molecule has 0 aliphatic heterocycles. The fraction of sp³-hybridized carbons (Fsp3) is 0. The molecule has 0 radical (unpaired) electrons. The molecule has 5 N–H and O–H groups in total. The highest BCUT2D eigenvalue weighted by molar-refractivity contribution is 7.71. The fourth-order valence-corrected chi connectivity index (χ4v) is 1.02. The number of benzene rings is 1. The average molecular weight is 229 g/mol. The van der Waals surface area contributed by atoms with Gasteiger partial charge in [-0.3, -0.25) is 5.43 Å². The number of primary amides is 1. The highest BCUT2D eigenvalue weighted by Crippen LogP contribution is 1.92. The number of nitrogens with two attached hydrogens (primary N) is 2. The minimum absolute atomic E-state index is 0.704. The number of urea groups is 1. The summed E-state index contributed by atoms with van der Waals surface area (Å²) in [6.45, 7) is 0. The van der Waals surface area contributed by atoms with Crippen molar-refractivity contribution in [1.82, 2.24) is 5.43 Å². The topological polar surface area (TPSA) is 115 Å². The zero-order valence-corrected chi connectivity index (χ0v) is 8.57. The second-order valence-corrected chi connectivity index (χ2v) is 3.05. The van der Waals surface area contributed by atoms with E-state index in [-0.39, 0.29) is 0 Å². The van der Waals surface area contributed by atoms with Gasteiger partial charge in [-0.05, 0) is 5.56 Å². The maximum absolute atomic E-state index is 10.1. The minimum Gasteiger partial charge on any atom is -0.351 e. The van der Waals surface area contributed by atoms with Crippen LogP contribution in [0.25, 0.3) is 0 Å². The summed E-state index contributed by atoms with van der Waals surface area (Å²) in [6, 6.07) is 8.17. The van der Waals surface area contributed by atoms with Crippen molar-refractivity contribution in [3.8, 4) is 0 Å². The number of carbonyl (C=O) groups is 1. The molecule has 0 unspecified atom stereocenters. The summed E-state index contributed by atoms with van der Waals surface area (Å²) < 4.78 is 20.2. The van der Waals surface area contributed by atoms with Crippen LogP contribution in [0.4, 0.5) is 4.79 Å². The van der Waals surface area contributed by atoms with Crippen LogP contribution in [0.2, 0.25) is 0 Å². The smallest absolute Gasteiger partial charge is 0.326 e. The van der Waals surface area contributed by atoms with E-state index in [2.05, 4.69) is 11.6 Å². The lowest BCUT2D eigenvalue weighted by molar-refractivity contribution is 0.249. The van der Waals surface area contributed by atoms with E-state index in [1.54, 1.807) is 29.7 Å². The van der Waals surface area contributed by atoms with Gasteiger partial charge in [-0.2, -0.15) is 8.42 Å². The van der Waals surface area contributed by atoms with E-state index >= 15 is 0 Å². The van der Waals surface area contributed by atoms with Crippen LogP contribution in [0, 0.1) is 0 Å². The third-order valence-corrected chi connectivity index (χ3v) is 1.64. The Morgan fingerprint density at radius 3 is 2.07 bits per heavy atom. The second-order valence-electron chi connectivity index (χ2n) is 2.30. The highest BCUT2D eigenvalue weighted by atomic mass is 32.2. The molecule has 2 amide bonds. The van der Waals surface area contributed by atoms with Crippen molar-refractivity contribution in [2.24, 2.45) is 11.6 Å². The Kier molecular flexibility index (Phi) is 6.60. The Morgan fingerprint density at radius 2 is 1.73 bits per heavy atom. The lowest BCUT2D eigenvalue weighted by atomic mass is 10.2. The monoisotopic (exact) mass is 229 g/mol. The predicted molar refractivity (Wildman–Crippen MR) is 57.4 cm³/mol. The lowest BCUT2D eigenvalue weighted by Crippen LogP contribution is -2.34. The van der Waals surface area contributed by atoms with Crippen LogP contribution in [0.3, 0.4) is 0 Å². The summed E-state index contributed by atoms with van der Waals surface area (Å²) in [5.74, 6) is 4.45. The number of hydrogen-bond acceptors (Lipinski definition) is 4. The van der Waals surface area contributed by atoms with Crippen molar-refractivity contribution in [3.63, 3.8) is 0 Å². The van der Waals surface area contributed by atoms with Gasteiger partial charge in [0.2, 0.25) is 10.3 Å². The largest absolute Gasteiger partial charge is 0.351 e. The summed E-state index contributed by atoms with van der Waals surface area (Å²) >= 11 is 0. The zero-order valence-electron chi connectivity index (χ0n) is 7.75. The van der Waals surface area contributed by atoms with E-state index in [0.29, 0.717) is 5.56 Å². The molecule has 0 heterocycles. The van der Waals surface area contributed by atoms with E-state index in [4.69, 9.17) is 0 Å². The number of hydrogen-bond donors (Lipinski definition) is 3. The molecule has 0 aliphatic carbocycles. The summed E-state index contributed by atoms with van der Waals surface area (Å²) in [5, 5.41) is 1.17. The lowest BCUT2D eigenvalue weighted by Gasteiger charge is -1.83.